The van der Waals surface area contributed by atoms with Gasteiger partial charge in [0, 0.05) is 5.69 Å². The Bertz CT molecular complexity index is 973. The van der Waals surface area contributed by atoms with Crippen LogP contribution in [0.5, 0.6) is 17.2 Å². The average Bonchev–Trinajstić information content (AvgIpc) is 3.04. The fourth-order valence-corrected chi connectivity index (χ4v) is 3.20. The van der Waals surface area contributed by atoms with Gasteiger partial charge in [-0.1, -0.05) is 6.07 Å². The molecule has 3 N–H and O–H groups in total. The molecule has 29 heavy (non-hydrogen) atoms. The van der Waals surface area contributed by atoms with E-state index in [-0.39, 0.29) is 23.6 Å². The zero-order chi connectivity index (χ0) is 20.8. The Kier molecular flexibility index (Phi) is 6.40. The number of carbonyl (C=O) groups excluding carboxylic acids is 2. The van der Waals surface area contributed by atoms with Gasteiger partial charge in [0.1, 0.15) is 5.75 Å². The van der Waals surface area contributed by atoms with Gasteiger partial charge < -0.3 is 24.8 Å². The molecule has 1 heterocycles. The van der Waals surface area contributed by atoms with Gasteiger partial charge in [0.05, 0.1) is 19.1 Å². The molecule has 1 aliphatic heterocycles. The van der Waals surface area contributed by atoms with Crippen LogP contribution >= 0.6 is 11.8 Å². The molecule has 0 bridgehead atoms. The molecule has 0 atom stereocenters. The topological polar surface area (TPSA) is 110 Å². The number of amides is 2. The molecular formula is C20H19N3O5S. The summed E-state index contributed by atoms with van der Waals surface area (Å²) in [7, 11) is 3.06. The third-order valence-corrected chi connectivity index (χ3v) is 4.71. The van der Waals surface area contributed by atoms with Crippen LogP contribution in [0.15, 0.2) is 47.4 Å². The Morgan fingerprint density at radius 1 is 1.14 bits per heavy atom. The summed E-state index contributed by atoms with van der Waals surface area (Å²) in [4.78, 5) is 24.3. The van der Waals surface area contributed by atoms with Crippen molar-refractivity contribution >= 4 is 40.5 Å². The Morgan fingerprint density at radius 2 is 1.90 bits per heavy atom. The zero-order valence-electron chi connectivity index (χ0n) is 15.8. The molecule has 0 aromatic heterocycles. The van der Waals surface area contributed by atoms with Gasteiger partial charge in [-0.2, -0.15) is 0 Å². The largest absolute Gasteiger partial charge is 0.497 e. The van der Waals surface area contributed by atoms with Crippen molar-refractivity contribution in [3.8, 4) is 17.2 Å². The normalized spacial score (nSPS) is 14.5. The molecule has 0 radical (unpaired) electrons. The average molecular weight is 413 g/mol. The molecular weight excluding hydrogens is 394 g/mol. The number of methoxy groups -OCH3 is 2. The second-order valence-corrected chi connectivity index (χ2v) is 6.92. The number of amidine groups is 1. The van der Waals surface area contributed by atoms with Crippen molar-refractivity contribution in [2.45, 2.75) is 0 Å². The Hall–Kier alpha value is -3.46. The van der Waals surface area contributed by atoms with E-state index in [4.69, 9.17) is 19.6 Å². The molecule has 0 saturated carbocycles. The molecule has 0 spiro atoms. The van der Waals surface area contributed by atoms with Crippen LogP contribution in [0, 0.1) is 5.41 Å². The minimum absolute atomic E-state index is 0.0936. The summed E-state index contributed by atoms with van der Waals surface area (Å²) in [6, 6.07) is 12.1. The summed E-state index contributed by atoms with van der Waals surface area (Å²) in [5.41, 5.74) is 1.34. The lowest BCUT2D eigenvalue weighted by Crippen LogP contribution is -2.20. The van der Waals surface area contributed by atoms with Crippen LogP contribution in [0.2, 0.25) is 0 Å². The number of ether oxygens (including phenoxy) is 3. The maximum Gasteiger partial charge on any atom is 0.264 e. The number of benzene rings is 2. The standard InChI is InChI=1S/C20H19N3O5S/c1-26-14-6-4-13(5-7-14)22-18(24)11-28-15-8-3-12(9-16(15)27-2)10-17-19(25)23-20(21)29-17/h3-10H,11H2,1-2H3,(H,22,24)(H2,21,23,25). The molecule has 8 nitrogen and oxygen atoms in total. The monoisotopic (exact) mass is 413 g/mol. The molecule has 3 rings (SSSR count). The summed E-state index contributed by atoms with van der Waals surface area (Å²) < 4.78 is 16.0. The molecule has 150 valence electrons. The maximum absolute atomic E-state index is 12.1. The van der Waals surface area contributed by atoms with E-state index >= 15 is 0 Å². The van der Waals surface area contributed by atoms with E-state index in [1.807, 2.05) is 0 Å². The Labute approximate surface area is 171 Å². The number of hydrogen-bond acceptors (Lipinski definition) is 7. The van der Waals surface area contributed by atoms with Gasteiger partial charge in [0.2, 0.25) is 0 Å². The highest BCUT2D eigenvalue weighted by Gasteiger charge is 2.22. The lowest BCUT2D eigenvalue weighted by atomic mass is 10.2. The third kappa shape index (κ3) is 5.29. The van der Waals surface area contributed by atoms with Crippen LogP contribution in [-0.2, 0) is 9.59 Å². The van der Waals surface area contributed by atoms with Crippen molar-refractivity contribution in [2.75, 3.05) is 26.1 Å². The molecule has 2 aromatic carbocycles. The van der Waals surface area contributed by atoms with Crippen molar-refractivity contribution in [3.63, 3.8) is 0 Å². The SMILES string of the molecule is COc1ccc(NC(=O)COc2ccc(C=C3SC(=N)NC3=O)cc2OC)cc1. The molecule has 1 aliphatic rings. The van der Waals surface area contributed by atoms with Gasteiger partial charge in [-0.15, -0.1) is 0 Å². The maximum atomic E-state index is 12.1. The molecule has 0 aliphatic carbocycles. The van der Waals surface area contributed by atoms with Gasteiger partial charge in [-0.3, -0.25) is 15.0 Å². The quantitative estimate of drug-likeness (QED) is 0.602. The highest BCUT2D eigenvalue weighted by atomic mass is 32.2. The number of thioether (sulfide) groups is 1. The fraction of sp³-hybridized carbons (Fsp3) is 0.150. The van der Waals surface area contributed by atoms with E-state index in [0.717, 1.165) is 11.8 Å². The molecule has 1 fully saturated rings. The highest BCUT2D eigenvalue weighted by molar-refractivity contribution is 8.18. The van der Waals surface area contributed by atoms with Gasteiger partial charge in [-0.05, 0) is 59.8 Å². The van der Waals surface area contributed by atoms with Crippen molar-refractivity contribution in [3.05, 3.63) is 52.9 Å². The summed E-state index contributed by atoms with van der Waals surface area (Å²) in [6.45, 7) is -0.196. The van der Waals surface area contributed by atoms with E-state index in [0.29, 0.717) is 33.4 Å². The number of rotatable bonds is 7. The Balaban J connectivity index is 1.63. The van der Waals surface area contributed by atoms with Crippen molar-refractivity contribution < 1.29 is 23.8 Å². The molecule has 2 amide bonds. The number of carbonyl (C=O) groups is 2. The first kappa shape index (κ1) is 20.3. The molecule has 1 saturated heterocycles. The fourth-order valence-electron chi connectivity index (χ4n) is 2.50. The second kappa shape index (κ2) is 9.16. The summed E-state index contributed by atoms with van der Waals surface area (Å²) >= 11 is 1.05. The number of anilines is 1. The minimum Gasteiger partial charge on any atom is -0.497 e. The first-order valence-electron chi connectivity index (χ1n) is 8.52. The van der Waals surface area contributed by atoms with Crippen LogP contribution in [-0.4, -0.2) is 37.8 Å². The lowest BCUT2D eigenvalue weighted by Gasteiger charge is -2.12. The van der Waals surface area contributed by atoms with Crippen LogP contribution < -0.4 is 24.8 Å². The summed E-state index contributed by atoms with van der Waals surface area (Å²) in [5, 5.41) is 12.7. The third-order valence-electron chi connectivity index (χ3n) is 3.88. The minimum atomic E-state index is -0.319. The first-order chi connectivity index (χ1) is 14.0. The van der Waals surface area contributed by atoms with Crippen molar-refractivity contribution in [1.82, 2.24) is 5.32 Å². The van der Waals surface area contributed by atoms with E-state index in [1.165, 1.54) is 7.11 Å². The predicted octanol–water partition coefficient (Wildman–Crippen LogP) is 2.86. The van der Waals surface area contributed by atoms with Crippen LogP contribution in [0.1, 0.15) is 5.56 Å². The predicted molar refractivity (Wildman–Crippen MR) is 112 cm³/mol. The van der Waals surface area contributed by atoms with Gasteiger partial charge in [0.25, 0.3) is 11.8 Å². The summed E-state index contributed by atoms with van der Waals surface area (Å²) in [5.74, 6) is 0.894. The van der Waals surface area contributed by atoms with Crippen LogP contribution in [0.25, 0.3) is 6.08 Å². The van der Waals surface area contributed by atoms with E-state index in [2.05, 4.69) is 10.6 Å². The second-order valence-electron chi connectivity index (χ2n) is 5.87. The van der Waals surface area contributed by atoms with Gasteiger partial charge in [-0.25, -0.2) is 0 Å². The number of nitrogens with one attached hydrogen (secondary N) is 3. The van der Waals surface area contributed by atoms with Crippen LogP contribution in [0.3, 0.4) is 0 Å². The van der Waals surface area contributed by atoms with E-state index in [9.17, 15) is 9.59 Å². The Morgan fingerprint density at radius 3 is 2.52 bits per heavy atom. The zero-order valence-corrected chi connectivity index (χ0v) is 16.6. The lowest BCUT2D eigenvalue weighted by molar-refractivity contribution is -0.118. The van der Waals surface area contributed by atoms with Crippen molar-refractivity contribution in [1.29, 1.82) is 5.41 Å². The van der Waals surface area contributed by atoms with E-state index < -0.39 is 0 Å². The summed E-state index contributed by atoms with van der Waals surface area (Å²) in [6.07, 6.45) is 1.66. The van der Waals surface area contributed by atoms with E-state index in [1.54, 1.807) is 55.7 Å². The highest BCUT2D eigenvalue weighted by Crippen LogP contribution is 2.31. The van der Waals surface area contributed by atoms with Crippen molar-refractivity contribution in [2.24, 2.45) is 0 Å². The first-order valence-corrected chi connectivity index (χ1v) is 9.34. The van der Waals surface area contributed by atoms with Crippen LogP contribution in [0.4, 0.5) is 5.69 Å². The number of hydrogen-bond donors (Lipinski definition) is 3. The smallest absolute Gasteiger partial charge is 0.264 e. The molecule has 9 heteroatoms. The molecule has 2 aromatic rings. The molecule has 0 unspecified atom stereocenters. The van der Waals surface area contributed by atoms with Gasteiger partial charge in [0.15, 0.2) is 23.3 Å². The van der Waals surface area contributed by atoms with Gasteiger partial charge >= 0.3 is 0 Å².